The number of fused-ring (bicyclic) bond motifs is 1. The van der Waals surface area contributed by atoms with Crippen LogP contribution in [0.15, 0.2) is 82.0 Å². The standard InChI is InChI=1S/C26H25NO2/c1-17-9-12-21(13-10-17)25(20-7-5-4-6-8-20)27-16-22-15-24(28)29-26-19(3)18(2)11-14-23(22)26/h4-15,25,27H,16H2,1-3H3/t25-/m1/s1. The minimum atomic E-state index is -0.311. The minimum absolute atomic E-state index is 0.0330. The molecular weight excluding hydrogens is 358 g/mol. The Morgan fingerprint density at radius 2 is 1.55 bits per heavy atom. The second-order valence-electron chi connectivity index (χ2n) is 7.61. The summed E-state index contributed by atoms with van der Waals surface area (Å²) in [5.74, 6) is 0. The van der Waals surface area contributed by atoms with E-state index < -0.39 is 0 Å². The van der Waals surface area contributed by atoms with Gasteiger partial charge in [0.1, 0.15) is 5.58 Å². The molecule has 4 rings (SSSR count). The van der Waals surface area contributed by atoms with Gasteiger partial charge in [0.15, 0.2) is 0 Å². The summed E-state index contributed by atoms with van der Waals surface area (Å²) in [4.78, 5) is 12.2. The van der Waals surface area contributed by atoms with Crippen LogP contribution in [0.25, 0.3) is 11.0 Å². The van der Waals surface area contributed by atoms with E-state index in [-0.39, 0.29) is 11.7 Å². The highest BCUT2D eigenvalue weighted by Gasteiger charge is 2.15. The van der Waals surface area contributed by atoms with Crippen LogP contribution < -0.4 is 10.9 Å². The van der Waals surface area contributed by atoms with E-state index in [1.54, 1.807) is 6.07 Å². The van der Waals surface area contributed by atoms with Crippen LogP contribution in [0.3, 0.4) is 0 Å². The summed E-state index contributed by atoms with van der Waals surface area (Å²) in [5.41, 5.74) is 7.07. The number of benzene rings is 3. The maximum atomic E-state index is 12.2. The van der Waals surface area contributed by atoms with Crippen LogP contribution in [-0.2, 0) is 6.54 Å². The van der Waals surface area contributed by atoms with Gasteiger partial charge in [0.2, 0.25) is 0 Å². The van der Waals surface area contributed by atoms with Crippen LogP contribution in [-0.4, -0.2) is 0 Å². The molecule has 1 heterocycles. The first-order valence-corrected chi connectivity index (χ1v) is 9.91. The van der Waals surface area contributed by atoms with Crippen molar-refractivity contribution in [2.45, 2.75) is 33.4 Å². The zero-order valence-corrected chi connectivity index (χ0v) is 17.0. The van der Waals surface area contributed by atoms with Crippen molar-refractivity contribution in [2.75, 3.05) is 0 Å². The quantitative estimate of drug-likeness (QED) is 0.456. The summed E-state index contributed by atoms with van der Waals surface area (Å²) in [6, 6.07) is 24.7. The highest BCUT2D eigenvalue weighted by Crippen LogP contribution is 2.26. The van der Waals surface area contributed by atoms with Crippen molar-refractivity contribution in [1.82, 2.24) is 5.32 Å². The molecule has 0 saturated carbocycles. The van der Waals surface area contributed by atoms with Crippen LogP contribution in [0.4, 0.5) is 0 Å². The first-order valence-electron chi connectivity index (χ1n) is 9.91. The topological polar surface area (TPSA) is 42.2 Å². The summed E-state index contributed by atoms with van der Waals surface area (Å²) < 4.78 is 5.52. The molecule has 0 unspecified atom stereocenters. The van der Waals surface area contributed by atoms with Crippen molar-refractivity contribution in [3.63, 3.8) is 0 Å². The molecule has 0 aliphatic carbocycles. The third-order valence-electron chi connectivity index (χ3n) is 5.56. The highest BCUT2D eigenvalue weighted by molar-refractivity contribution is 5.83. The van der Waals surface area contributed by atoms with E-state index in [0.29, 0.717) is 12.1 Å². The third kappa shape index (κ3) is 4.01. The Labute approximate surface area is 171 Å². The zero-order chi connectivity index (χ0) is 20.4. The van der Waals surface area contributed by atoms with Gasteiger partial charge in [-0.05, 0) is 48.6 Å². The molecule has 146 valence electrons. The molecule has 0 fully saturated rings. The molecule has 0 radical (unpaired) electrons. The molecule has 4 aromatic rings. The number of rotatable bonds is 5. The van der Waals surface area contributed by atoms with Gasteiger partial charge < -0.3 is 9.73 Å². The fraction of sp³-hybridized carbons (Fsp3) is 0.192. The molecule has 29 heavy (non-hydrogen) atoms. The molecule has 0 bridgehead atoms. The van der Waals surface area contributed by atoms with Crippen molar-refractivity contribution < 1.29 is 4.42 Å². The summed E-state index contributed by atoms with van der Waals surface area (Å²) in [6.45, 7) is 6.69. The molecule has 0 aliphatic rings. The van der Waals surface area contributed by atoms with Crippen molar-refractivity contribution >= 4 is 11.0 Å². The molecule has 1 atom stereocenters. The largest absolute Gasteiger partial charge is 0.422 e. The predicted octanol–water partition coefficient (Wildman–Crippen LogP) is 5.60. The molecule has 0 aliphatic heterocycles. The predicted molar refractivity (Wildman–Crippen MR) is 118 cm³/mol. The van der Waals surface area contributed by atoms with Gasteiger partial charge in [-0.25, -0.2) is 4.79 Å². The summed E-state index contributed by atoms with van der Waals surface area (Å²) in [7, 11) is 0. The Morgan fingerprint density at radius 3 is 2.28 bits per heavy atom. The second-order valence-corrected chi connectivity index (χ2v) is 7.61. The third-order valence-corrected chi connectivity index (χ3v) is 5.56. The average Bonchev–Trinajstić information content (AvgIpc) is 2.73. The van der Waals surface area contributed by atoms with Crippen molar-refractivity contribution in [2.24, 2.45) is 0 Å². The van der Waals surface area contributed by atoms with Crippen molar-refractivity contribution in [3.05, 3.63) is 117 Å². The van der Waals surface area contributed by atoms with E-state index in [1.807, 2.05) is 26.0 Å². The fourth-order valence-electron chi connectivity index (χ4n) is 3.72. The Hall–Kier alpha value is -3.17. The second kappa shape index (κ2) is 8.06. The lowest BCUT2D eigenvalue weighted by atomic mass is 9.97. The Bertz CT molecular complexity index is 1190. The van der Waals surface area contributed by atoms with Crippen molar-refractivity contribution in [3.8, 4) is 0 Å². The smallest absolute Gasteiger partial charge is 0.336 e. The Morgan fingerprint density at radius 1 is 0.862 bits per heavy atom. The van der Waals surface area contributed by atoms with E-state index in [9.17, 15) is 4.79 Å². The van der Waals surface area contributed by atoms with E-state index in [2.05, 4.69) is 66.8 Å². The SMILES string of the molecule is Cc1ccc([C@H](NCc2cc(=O)oc3c(C)c(C)ccc23)c2ccccc2)cc1. The molecule has 3 aromatic carbocycles. The Kier molecular flexibility index (Phi) is 5.32. The fourth-order valence-corrected chi connectivity index (χ4v) is 3.72. The molecule has 3 nitrogen and oxygen atoms in total. The molecule has 3 heteroatoms. The maximum Gasteiger partial charge on any atom is 0.336 e. The van der Waals surface area contributed by atoms with Gasteiger partial charge in [-0.2, -0.15) is 0 Å². The van der Waals surface area contributed by atoms with Gasteiger partial charge in [0, 0.05) is 18.0 Å². The lowest BCUT2D eigenvalue weighted by Gasteiger charge is -2.21. The molecule has 0 amide bonds. The van der Waals surface area contributed by atoms with Gasteiger partial charge in [-0.1, -0.05) is 72.3 Å². The van der Waals surface area contributed by atoms with Gasteiger partial charge in [0.25, 0.3) is 0 Å². The van der Waals surface area contributed by atoms with Crippen LogP contribution in [0.1, 0.15) is 39.4 Å². The van der Waals surface area contributed by atoms with Crippen LogP contribution in [0.2, 0.25) is 0 Å². The van der Waals surface area contributed by atoms with Crippen LogP contribution in [0.5, 0.6) is 0 Å². The molecule has 0 spiro atoms. The van der Waals surface area contributed by atoms with Crippen LogP contribution >= 0.6 is 0 Å². The Balaban J connectivity index is 1.72. The van der Waals surface area contributed by atoms with E-state index in [1.165, 1.54) is 16.7 Å². The molecule has 1 aromatic heterocycles. The summed E-state index contributed by atoms with van der Waals surface area (Å²) in [5, 5.41) is 4.64. The van der Waals surface area contributed by atoms with Crippen LogP contribution in [0, 0.1) is 20.8 Å². The molecular formula is C26H25NO2. The van der Waals surface area contributed by atoms with Gasteiger partial charge in [0.05, 0.1) is 6.04 Å². The van der Waals surface area contributed by atoms with Crippen molar-refractivity contribution in [1.29, 1.82) is 0 Å². The summed E-state index contributed by atoms with van der Waals surface area (Å²) >= 11 is 0. The summed E-state index contributed by atoms with van der Waals surface area (Å²) in [6.07, 6.45) is 0. The lowest BCUT2D eigenvalue weighted by molar-refractivity contribution is 0.550. The first-order chi connectivity index (χ1) is 14.0. The highest BCUT2D eigenvalue weighted by atomic mass is 16.4. The molecule has 0 saturated heterocycles. The lowest BCUT2D eigenvalue weighted by Crippen LogP contribution is -2.23. The molecule has 1 N–H and O–H groups in total. The average molecular weight is 383 g/mol. The number of nitrogens with one attached hydrogen (secondary N) is 1. The number of aryl methyl sites for hydroxylation is 3. The van der Waals surface area contributed by atoms with E-state index in [0.717, 1.165) is 22.1 Å². The monoisotopic (exact) mass is 383 g/mol. The van der Waals surface area contributed by atoms with E-state index >= 15 is 0 Å². The maximum absolute atomic E-state index is 12.2. The first kappa shape index (κ1) is 19.2. The minimum Gasteiger partial charge on any atom is -0.422 e. The number of hydrogen-bond donors (Lipinski definition) is 1. The van der Waals surface area contributed by atoms with Gasteiger partial charge in [-0.3, -0.25) is 0 Å². The van der Waals surface area contributed by atoms with Gasteiger partial charge in [-0.15, -0.1) is 0 Å². The normalized spacial score (nSPS) is 12.2. The number of hydrogen-bond acceptors (Lipinski definition) is 3. The zero-order valence-electron chi connectivity index (χ0n) is 17.0. The van der Waals surface area contributed by atoms with Gasteiger partial charge >= 0.3 is 5.63 Å². The van der Waals surface area contributed by atoms with E-state index in [4.69, 9.17) is 4.42 Å².